The average Bonchev–Trinajstić information content (AvgIpc) is 1.82. The van der Waals surface area contributed by atoms with E-state index in [4.69, 9.17) is 5.11 Å². The fraction of sp³-hybridized carbons (Fsp3) is 1.00. The minimum absolute atomic E-state index is 0.0941. The molecule has 0 aromatic rings. The standard InChI is InChI=1S/C7H14O3/c1-4-6(9)2-5(8)3-7(4)10/h4-10H,2-3H2,1H3/t4?,5?,6-,7-/m1/s1. The first-order chi connectivity index (χ1) is 4.61. The van der Waals surface area contributed by atoms with E-state index >= 15 is 0 Å². The molecule has 1 saturated carbocycles. The summed E-state index contributed by atoms with van der Waals surface area (Å²) in [6.45, 7) is 1.79. The molecular formula is C7H14O3. The van der Waals surface area contributed by atoms with Crippen molar-refractivity contribution < 1.29 is 15.3 Å². The van der Waals surface area contributed by atoms with Gasteiger partial charge < -0.3 is 15.3 Å². The van der Waals surface area contributed by atoms with E-state index in [1.165, 1.54) is 0 Å². The Morgan fingerprint density at radius 3 is 1.80 bits per heavy atom. The van der Waals surface area contributed by atoms with Crippen molar-refractivity contribution in [2.75, 3.05) is 0 Å². The van der Waals surface area contributed by atoms with Crippen molar-refractivity contribution in [2.45, 2.75) is 38.1 Å². The highest BCUT2D eigenvalue weighted by atomic mass is 16.3. The lowest BCUT2D eigenvalue weighted by atomic mass is 9.84. The molecule has 0 aromatic carbocycles. The van der Waals surface area contributed by atoms with Crippen LogP contribution in [0.4, 0.5) is 0 Å². The fourth-order valence-corrected chi connectivity index (χ4v) is 1.34. The van der Waals surface area contributed by atoms with Crippen molar-refractivity contribution in [3.05, 3.63) is 0 Å². The van der Waals surface area contributed by atoms with Gasteiger partial charge in [0.2, 0.25) is 0 Å². The largest absolute Gasteiger partial charge is 0.393 e. The molecule has 1 fully saturated rings. The zero-order valence-electron chi connectivity index (χ0n) is 6.07. The predicted molar refractivity (Wildman–Crippen MR) is 36.4 cm³/mol. The van der Waals surface area contributed by atoms with E-state index in [1.807, 2.05) is 0 Å². The van der Waals surface area contributed by atoms with Gasteiger partial charge in [-0.25, -0.2) is 0 Å². The maximum absolute atomic E-state index is 9.20. The third-order valence-corrected chi connectivity index (χ3v) is 2.24. The Balaban J connectivity index is 2.49. The molecule has 1 aliphatic carbocycles. The topological polar surface area (TPSA) is 60.7 Å². The molecule has 60 valence electrons. The van der Waals surface area contributed by atoms with E-state index in [0.29, 0.717) is 12.8 Å². The maximum atomic E-state index is 9.20. The minimum atomic E-state index is -0.543. The number of rotatable bonds is 0. The van der Waals surface area contributed by atoms with Crippen LogP contribution in [-0.2, 0) is 0 Å². The van der Waals surface area contributed by atoms with E-state index in [0.717, 1.165) is 0 Å². The molecule has 0 bridgehead atoms. The predicted octanol–water partition coefficient (Wildman–Crippen LogP) is -0.501. The number of hydrogen-bond acceptors (Lipinski definition) is 3. The molecule has 0 radical (unpaired) electrons. The summed E-state index contributed by atoms with van der Waals surface area (Å²) in [7, 11) is 0. The second kappa shape index (κ2) is 2.86. The summed E-state index contributed by atoms with van der Waals surface area (Å²) in [4.78, 5) is 0. The highest BCUT2D eigenvalue weighted by Crippen LogP contribution is 2.24. The molecule has 0 heterocycles. The Hall–Kier alpha value is -0.120. The van der Waals surface area contributed by atoms with Crippen LogP contribution in [0.1, 0.15) is 19.8 Å². The van der Waals surface area contributed by atoms with E-state index < -0.39 is 18.3 Å². The Morgan fingerprint density at radius 1 is 1.00 bits per heavy atom. The molecule has 0 saturated heterocycles. The monoisotopic (exact) mass is 146 g/mol. The van der Waals surface area contributed by atoms with E-state index in [-0.39, 0.29) is 5.92 Å². The Labute approximate surface area is 60.3 Å². The summed E-state index contributed by atoms with van der Waals surface area (Å²) in [5.74, 6) is -0.0941. The van der Waals surface area contributed by atoms with Gasteiger partial charge in [0.15, 0.2) is 0 Å². The van der Waals surface area contributed by atoms with E-state index in [1.54, 1.807) is 6.92 Å². The van der Waals surface area contributed by atoms with Gasteiger partial charge in [-0.1, -0.05) is 6.92 Å². The highest BCUT2D eigenvalue weighted by molar-refractivity contribution is 4.82. The Kier molecular flexibility index (Phi) is 2.28. The molecule has 1 aliphatic rings. The van der Waals surface area contributed by atoms with Gasteiger partial charge in [0, 0.05) is 5.92 Å². The maximum Gasteiger partial charge on any atom is 0.0615 e. The lowest BCUT2D eigenvalue weighted by Crippen LogP contribution is -2.40. The van der Waals surface area contributed by atoms with Crippen LogP contribution in [-0.4, -0.2) is 33.6 Å². The van der Waals surface area contributed by atoms with Crippen LogP contribution in [0.5, 0.6) is 0 Å². The van der Waals surface area contributed by atoms with Gasteiger partial charge in [-0.2, -0.15) is 0 Å². The minimum Gasteiger partial charge on any atom is -0.393 e. The summed E-state index contributed by atoms with van der Waals surface area (Å²) in [6, 6.07) is 0. The average molecular weight is 146 g/mol. The lowest BCUT2D eigenvalue weighted by molar-refractivity contribution is -0.0651. The summed E-state index contributed by atoms with van der Waals surface area (Å²) >= 11 is 0. The van der Waals surface area contributed by atoms with Gasteiger partial charge in [-0.05, 0) is 12.8 Å². The number of aliphatic hydroxyl groups excluding tert-OH is 3. The smallest absolute Gasteiger partial charge is 0.0615 e. The van der Waals surface area contributed by atoms with Crippen molar-refractivity contribution in [1.82, 2.24) is 0 Å². The number of hydrogen-bond donors (Lipinski definition) is 3. The van der Waals surface area contributed by atoms with Gasteiger partial charge in [-0.3, -0.25) is 0 Å². The van der Waals surface area contributed by atoms with Crippen LogP contribution in [0.25, 0.3) is 0 Å². The van der Waals surface area contributed by atoms with Crippen molar-refractivity contribution in [2.24, 2.45) is 5.92 Å². The molecule has 3 nitrogen and oxygen atoms in total. The van der Waals surface area contributed by atoms with Gasteiger partial charge >= 0.3 is 0 Å². The summed E-state index contributed by atoms with van der Waals surface area (Å²) in [5.41, 5.74) is 0. The first kappa shape index (κ1) is 7.98. The van der Waals surface area contributed by atoms with Crippen LogP contribution in [0.2, 0.25) is 0 Å². The van der Waals surface area contributed by atoms with Crippen LogP contribution in [0.3, 0.4) is 0 Å². The van der Waals surface area contributed by atoms with E-state index in [9.17, 15) is 10.2 Å². The van der Waals surface area contributed by atoms with Crippen molar-refractivity contribution in [1.29, 1.82) is 0 Å². The van der Waals surface area contributed by atoms with Crippen molar-refractivity contribution in [3.63, 3.8) is 0 Å². The zero-order chi connectivity index (χ0) is 7.72. The Morgan fingerprint density at radius 2 is 1.40 bits per heavy atom. The third-order valence-electron chi connectivity index (χ3n) is 2.24. The van der Waals surface area contributed by atoms with Gasteiger partial charge in [0.1, 0.15) is 0 Å². The lowest BCUT2D eigenvalue weighted by Gasteiger charge is -2.32. The zero-order valence-corrected chi connectivity index (χ0v) is 6.07. The Bertz CT molecular complexity index is 103. The number of aliphatic hydroxyl groups is 3. The van der Waals surface area contributed by atoms with Crippen LogP contribution < -0.4 is 0 Å². The molecule has 0 aromatic heterocycles. The molecule has 1 rings (SSSR count). The molecule has 2 atom stereocenters. The van der Waals surface area contributed by atoms with Gasteiger partial charge in [-0.15, -0.1) is 0 Å². The molecule has 0 aliphatic heterocycles. The first-order valence-electron chi connectivity index (χ1n) is 3.65. The summed E-state index contributed by atoms with van der Waals surface area (Å²) in [6.07, 6.45) is -0.810. The van der Waals surface area contributed by atoms with Gasteiger partial charge in [0.05, 0.1) is 18.3 Å². The fourth-order valence-electron chi connectivity index (χ4n) is 1.34. The molecule has 10 heavy (non-hydrogen) atoms. The van der Waals surface area contributed by atoms with Crippen molar-refractivity contribution in [3.8, 4) is 0 Å². The second-order valence-electron chi connectivity index (χ2n) is 3.12. The summed E-state index contributed by atoms with van der Waals surface area (Å²) < 4.78 is 0. The summed E-state index contributed by atoms with van der Waals surface area (Å²) in [5, 5.41) is 27.4. The van der Waals surface area contributed by atoms with Gasteiger partial charge in [0.25, 0.3) is 0 Å². The molecule has 0 spiro atoms. The highest BCUT2D eigenvalue weighted by Gasteiger charge is 2.31. The quantitative estimate of drug-likeness (QED) is 0.431. The molecular weight excluding hydrogens is 132 g/mol. The van der Waals surface area contributed by atoms with Crippen LogP contribution >= 0.6 is 0 Å². The van der Waals surface area contributed by atoms with Crippen molar-refractivity contribution >= 4 is 0 Å². The molecule has 3 heteroatoms. The van der Waals surface area contributed by atoms with Crippen LogP contribution in [0.15, 0.2) is 0 Å². The van der Waals surface area contributed by atoms with Crippen LogP contribution in [0, 0.1) is 5.92 Å². The molecule has 3 N–H and O–H groups in total. The first-order valence-corrected chi connectivity index (χ1v) is 3.65. The third kappa shape index (κ3) is 1.48. The second-order valence-corrected chi connectivity index (χ2v) is 3.12. The van der Waals surface area contributed by atoms with E-state index in [2.05, 4.69) is 0 Å². The molecule has 0 amide bonds. The SMILES string of the molecule is CC1[C@H](O)CC(O)C[C@H]1O. The normalized spacial score (nSPS) is 49.2. The molecule has 0 unspecified atom stereocenters.